The van der Waals surface area contributed by atoms with Gasteiger partial charge in [-0.25, -0.2) is 9.97 Å². The Morgan fingerprint density at radius 3 is 1.56 bits per heavy atom. The summed E-state index contributed by atoms with van der Waals surface area (Å²) in [5.74, 6) is 1.60. The number of hydrogen-bond acceptors (Lipinski definition) is 6. The van der Waals surface area contributed by atoms with Gasteiger partial charge in [-0.15, -0.1) is 0 Å². The lowest BCUT2D eigenvalue weighted by atomic mass is 10.1. The lowest BCUT2D eigenvalue weighted by Gasteiger charge is -2.28. The molecule has 0 fully saturated rings. The number of Topliss-reactive ketones (excluding diaryl/α,β-unsaturated/α-hetero) is 2. The molecule has 2 aliphatic rings. The second-order valence-electron chi connectivity index (χ2n) is 11.3. The predicted octanol–water partition coefficient (Wildman–Crippen LogP) is 8.31. The van der Waals surface area contributed by atoms with Crippen LogP contribution in [0, 0.1) is 34.6 Å². The minimum absolute atomic E-state index is 0.151. The number of carbonyl (C=O) groups is 2. The number of aromatic nitrogens is 2. The number of fused-ring (bicyclic) bond motifs is 3. The topological polar surface area (TPSA) is 66.4 Å². The van der Waals surface area contributed by atoms with Crippen LogP contribution in [-0.2, 0) is 0 Å². The van der Waals surface area contributed by atoms with Crippen molar-refractivity contribution < 1.29 is 9.59 Å². The Hall–Kier alpha value is -5.36. The first-order valence-electron chi connectivity index (χ1n) is 14.4. The smallest absolute Gasteiger partial charge is 0.197 e. The number of para-hydroxylation sites is 4. The average molecular weight is 563 g/mol. The molecule has 0 amide bonds. The van der Waals surface area contributed by atoms with Crippen LogP contribution in [-0.4, -0.2) is 21.5 Å². The van der Waals surface area contributed by atoms with Crippen LogP contribution in [0.15, 0.2) is 102 Å². The van der Waals surface area contributed by atoms with Crippen LogP contribution in [0.1, 0.15) is 48.5 Å². The van der Waals surface area contributed by atoms with Crippen molar-refractivity contribution in [3.8, 4) is 0 Å². The maximum atomic E-state index is 13.5. The number of aryl methyl sites for hydroxylation is 5. The quantitative estimate of drug-likeness (QED) is 0.163. The molecule has 1 aliphatic heterocycles. The number of rotatable bonds is 3. The molecule has 4 aromatic carbocycles. The summed E-state index contributed by atoms with van der Waals surface area (Å²) in [6.45, 7) is 10.2. The van der Waals surface area contributed by atoms with E-state index in [1.54, 1.807) is 18.2 Å². The van der Waals surface area contributed by atoms with E-state index in [2.05, 4.69) is 61.8 Å². The molecule has 0 radical (unpaired) electrons. The molecule has 0 atom stereocenters. The monoisotopic (exact) mass is 562 g/mol. The number of carbonyl (C=O) groups excluding carboxylic acids is 2. The van der Waals surface area contributed by atoms with Crippen molar-refractivity contribution in [2.45, 2.75) is 34.6 Å². The average Bonchev–Trinajstić information content (AvgIpc) is 3.40. The van der Waals surface area contributed by atoms with Crippen molar-refractivity contribution >= 4 is 45.6 Å². The van der Waals surface area contributed by atoms with Gasteiger partial charge in [-0.2, -0.15) is 0 Å². The van der Waals surface area contributed by atoms with Gasteiger partial charge in [0.1, 0.15) is 5.82 Å². The van der Waals surface area contributed by atoms with Gasteiger partial charge in [-0.3, -0.25) is 19.4 Å². The summed E-state index contributed by atoms with van der Waals surface area (Å²) in [6, 6.07) is 25.7. The highest BCUT2D eigenvalue weighted by Crippen LogP contribution is 2.51. The standard InChI is InChI=1S/C37H30N4O2/c1-21-16-17-26-28(20-21)35(43)27(34(26)42)18-19-31-40(32-22(2)10-8-11-23(32)3)36-37(39-30-15-7-6-14-29(30)38-36)41(31)33-24(4)12-9-13-25(33)5/h6-20H,1-5H3/b27-18+. The zero-order chi connectivity index (χ0) is 30.0. The van der Waals surface area contributed by atoms with Crippen LogP contribution < -0.4 is 9.80 Å². The van der Waals surface area contributed by atoms with Gasteiger partial charge in [0.05, 0.1) is 28.0 Å². The number of anilines is 4. The van der Waals surface area contributed by atoms with Gasteiger partial charge in [-0.05, 0) is 87.2 Å². The molecule has 0 spiro atoms. The van der Waals surface area contributed by atoms with Crippen molar-refractivity contribution in [1.29, 1.82) is 0 Å². The van der Waals surface area contributed by atoms with Gasteiger partial charge < -0.3 is 0 Å². The summed E-state index contributed by atoms with van der Waals surface area (Å²) in [5, 5.41) is 0. The second-order valence-corrected chi connectivity index (χ2v) is 11.3. The van der Waals surface area contributed by atoms with E-state index in [0.717, 1.165) is 56.0 Å². The summed E-state index contributed by atoms with van der Waals surface area (Å²) in [6.07, 6.45) is 3.54. The van der Waals surface area contributed by atoms with Crippen LogP contribution in [0.5, 0.6) is 0 Å². The van der Waals surface area contributed by atoms with E-state index in [0.29, 0.717) is 22.8 Å². The molecule has 0 N–H and O–H groups in total. The van der Waals surface area contributed by atoms with Crippen LogP contribution in [0.3, 0.4) is 0 Å². The molecule has 43 heavy (non-hydrogen) atoms. The maximum absolute atomic E-state index is 13.5. The third-order valence-corrected chi connectivity index (χ3v) is 8.30. The molecule has 7 rings (SSSR count). The molecule has 5 aromatic rings. The molecule has 0 saturated heterocycles. The van der Waals surface area contributed by atoms with E-state index >= 15 is 0 Å². The molecule has 0 unspecified atom stereocenters. The SMILES string of the molecule is Cc1ccc2c(c1)C(=O)/C(=C/C=C1N(c3c(C)cccc3C)c3nc4ccccc4nc3N1c1c(C)cccc1C)C2=O. The van der Waals surface area contributed by atoms with E-state index in [1.165, 1.54) is 0 Å². The first-order chi connectivity index (χ1) is 20.7. The second kappa shape index (κ2) is 9.88. The number of hydrogen-bond donors (Lipinski definition) is 0. The predicted molar refractivity (Wildman–Crippen MR) is 172 cm³/mol. The number of nitrogens with zero attached hydrogens (tertiary/aromatic N) is 4. The normalized spacial score (nSPS) is 15.1. The van der Waals surface area contributed by atoms with Crippen molar-refractivity contribution in [3.05, 3.63) is 141 Å². The Morgan fingerprint density at radius 1 is 0.558 bits per heavy atom. The molecule has 1 aromatic heterocycles. The first kappa shape index (κ1) is 26.5. The van der Waals surface area contributed by atoms with E-state index in [4.69, 9.17) is 9.97 Å². The molecule has 6 heteroatoms. The summed E-state index contributed by atoms with van der Waals surface area (Å²) < 4.78 is 0. The van der Waals surface area contributed by atoms with E-state index in [9.17, 15) is 9.59 Å². The van der Waals surface area contributed by atoms with Crippen LogP contribution >= 0.6 is 0 Å². The van der Waals surface area contributed by atoms with Gasteiger partial charge in [0.2, 0.25) is 0 Å². The Labute approximate surface area is 250 Å². The first-order valence-corrected chi connectivity index (χ1v) is 14.4. The zero-order valence-electron chi connectivity index (χ0n) is 24.8. The number of allylic oxidation sites excluding steroid dienone is 3. The van der Waals surface area contributed by atoms with E-state index < -0.39 is 0 Å². The highest BCUT2D eigenvalue weighted by molar-refractivity contribution is 6.39. The minimum atomic E-state index is -0.258. The Balaban J connectivity index is 1.54. The van der Waals surface area contributed by atoms with Gasteiger partial charge in [-0.1, -0.05) is 66.2 Å². The maximum Gasteiger partial charge on any atom is 0.197 e. The fourth-order valence-electron chi connectivity index (χ4n) is 6.25. The lowest BCUT2D eigenvalue weighted by molar-refractivity contribution is 0.0988. The molecule has 6 nitrogen and oxygen atoms in total. The largest absolute Gasteiger partial charge is 0.288 e. The molecular weight excluding hydrogens is 532 g/mol. The van der Waals surface area contributed by atoms with Crippen molar-refractivity contribution in [2.24, 2.45) is 0 Å². The van der Waals surface area contributed by atoms with Crippen molar-refractivity contribution in [3.63, 3.8) is 0 Å². The van der Waals surface area contributed by atoms with E-state index in [-0.39, 0.29) is 17.1 Å². The molecule has 0 bridgehead atoms. The van der Waals surface area contributed by atoms with Gasteiger partial charge in [0.25, 0.3) is 0 Å². The molecular formula is C37H30N4O2. The fraction of sp³-hybridized carbons (Fsp3) is 0.135. The molecule has 210 valence electrons. The third kappa shape index (κ3) is 4.09. The lowest BCUT2D eigenvalue weighted by Crippen LogP contribution is -2.24. The van der Waals surface area contributed by atoms with Crippen LogP contribution in [0.25, 0.3) is 11.0 Å². The van der Waals surface area contributed by atoms with Crippen molar-refractivity contribution in [2.75, 3.05) is 9.80 Å². The number of benzene rings is 4. The zero-order valence-corrected chi connectivity index (χ0v) is 24.8. The number of ketones is 2. The highest BCUT2D eigenvalue weighted by atomic mass is 16.2. The van der Waals surface area contributed by atoms with Crippen molar-refractivity contribution in [1.82, 2.24) is 9.97 Å². The Morgan fingerprint density at radius 2 is 1.05 bits per heavy atom. The minimum Gasteiger partial charge on any atom is -0.288 e. The van der Waals surface area contributed by atoms with E-state index in [1.807, 2.05) is 55.5 Å². The molecule has 1 aliphatic carbocycles. The Bertz CT molecular complexity index is 1950. The third-order valence-electron chi connectivity index (χ3n) is 8.30. The van der Waals surface area contributed by atoms with Gasteiger partial charge in [0, 0.05) is 11.1 Å². The molecule has 2 heterocycles. The summed E-state index contributed by atoms with van der Waals surface area (Å²) in [4.78, 5) is 41.5. The van der Waals surface area contributed by atoms with Crippen LogP contribution in [0.4, 0.5) is 23.0 Å². The molecule has 0 saturated carbocycles. The fourth-order valence-corrected chi connectivity index (χ4v) is 6.25. The summed E-state index contributed by atoms with van der Waals surface area (Å²) >= 11 is 0. The Kier molecular flexibility index (Phi) is 6.10. The highest BCUT2D eigenvalue weighted by Gasteiger charge is 2.39. The van der Waals surface area contributed by atoms with Crippen LogP contribution in [0.2, 0.25) is 0 Å². The summed E-state index contributed by atoms with van der Waals surface area (Å²) in [5.41, 5.74) is 9.80. The summed E-state index contributed by atoms with van der Waals surface area (Å²) in [7, 11) is 0. The van der Waals surface area contributed by atoms with Gasteiger partial charge >= 0.3 is 0 Å². The van der Waals surface area contributed by atoms with Gasteiger partial charge in [0.15, 0.2) is 23.2 Å².